The van der Waals surface area contributed by atoms with E-state index in [9.17, 15) is 0 Å². The number of nitrogens with one attached hydrogen (secondary N) is 1. The first-order valence-electron chi connectivity index (χ1n) is 6.79. The van der Waals surface area contributed by atoms with Crippen LogP contribution in [0.3, 0.4) is 0 Å². The van der Waals surface area contributed by atoms with Crippen LogP contribution in [0.25, 0.3) is 0 Å². The maximum absolute atomic E-state index is 4.13. The Morgan fingerprint density at radius 3 is 2.74 bits per heavy atom. The fraction of sp³-hybridized carbons (Fsp3) is 0.467. The number of benzene rings is 1. The maximum Gasteiger partial charge on any atom is 0.146 e. The van der Waals surface area contributed by atoms with Crippen molar-refractivity contribution >= 4 is 0 Å². The van der Waals surface area contributed by atoms with Crippen LogP contribution in [0.1, 0.15) is 42.4 Å². The van der Waals surface area contributed by atoms with Crippen molar-refractivity contribution in [1.29, 1.82) is 0 Å². The molecule has 19 heavy (non-hydrogen) atoms. The van der Waals surface area contributed by atoms with Crippen LogP contribution in [0.15, 0.2) is 24.5 Å². The molecule has 4 nitrogen and oxygen atoms in total. The van der Waals surface area contributed by atoms with Crippen molar-refractivity contribution in [3.8, 4) is 0 Å². The zero-order chi connectivity index (χ0) is 13.8. The molecule has 2 aromatic rings. The van der Waals surface area contributed by atoms with Crippen molar-refractivity contribution in [3.63, 3.8) is 0 Å². The number of nitrogens with zero attached hydrogens (tertiary/aromatic N) is 3. The summed E-state index contributed by atoms with van der Waals surface area (Å²) >= 11 is 0. The third kappa shape index (κ3) is 3.20. The highest BCUT2D eigenvalue weighted by molar-refractivity contribution is 5.31. The summed E-state index contributed by atoms with van der Waals surface area (Å²) in [6.45, 7) is 10.2. The van der Waals surface area contributed by atoms with Gasteiger partial charge in [-0.2, -0.15) is 0 Å². The molecule has 4 heteroatoms. The van der Waals surface area contributed by atoms with Crippen molar-refractivity contribution in [2.45, 2.75) is 46.8 Å². The highest BCUT2D eigenvalue weighted by atomic mass is 15.3. The number of hydrogen-bond donors (Lipinski definition) is 1. The Hall–Kier alpha value is -1.68. The summed E-state index contributed by atoms with van der Waals surface area (Å²) in [7, 11) is 0. The Balaban J connectivity index is 2.01. The monoisotopic (exact) mass is 258 g/mol. The quantitative estimate of drug-likeness (QED) is 0.896. The van der Waals surface area contributed by atoms with E-state index in [4.69, 9.17) is 0 Å². The molecular weight excluding hydrogens is 236 g/mol. The lowest BCUT2D eigenvalue weighted by Crippen LogP contribution is -2.20. The summed E-state index contributed by atoms with van der Waals surface area (Å²) in [5.41, 5.74) is 3.98. The first-order valence-corrected chi connectivity index (χ1v) is 6.79. The second-order valence-electron chi connectivity index (χ2n) is 4.98. The van der Waals surface area contributed by atoms with Crippen molar-refractivity contribution < 1.29 is 0 Å². The number of rotatable bonds is 5. The van der Waals surface area contributed by atoms with Gasteiger partial charge in [-0.1, -0.05) is 18.2 Å². The van der Waals surface area contributed by atoms with Gasteiger partial charge in [-0.05, 0) is 44.4 Å². The lowest BCUT2D eigenvalue weighted by Gasteiger charge is -2.15. The fourth-order valence-electron chi connectivity index (χ4n) is 2.08. The number of aryl methyl sites for hydroxylation is 3. The van der Waals surface area contributed by atoms with Gasteiger partial charge in [0.15, 0.2) is 0 Å². The van der Waals surface area contributed by atoms with Gasteiger partial charge in [-0.3, -0.25) is 0 Å². The zero-order valence-corrected chi connectivity index (χ0v) is 12.1. The van der Waals surface area contributed by atoms with Gasteiger partial charge < -0.3 is 9.88 Å². The van der Waals surface area contributed by atoms with Crippen LogP contribution in [0.4, 0.5) is 0 Å². The van der Waals surface area contributed by atoms with Crippen LogP contribution in [-0.4, -0.2) is 14.8 Å². The first kappa shape index (κ1) is 13.7. The Morgan fingerprint density at radius 1 is 1.26 bits per heavy atom. The van der Waals surface area contributed by atoms with Crippen molar-refractivity contribution in [3.05, 3.63) is 47.0 Å². The molecule has 0 aliphatic rings. The zero-order valence-electron chi connectivity index (χ0n) is 12.1. The molecule has 0 spiro atoms. The summed E-state index contributed by atoms with van der Waals surface area (Å²) in [6.07, 6.45) is 1.78. The molecule has 102 valence electrons. The minimum atomic E-state index is 0.307. The largest absolute Gasteiger partial charge is 0.317 e. The predicted molar refractivity (Wildman–Crippen MR) is 76.9 cm³/mol. The average molecular weight is 258 g/mol. The van der Waals surface area contributed by atoms with Crippen LogP contribution in [-0.2, 0) is 13.1 Å². The van der Waals surface area contributed by atoms with Crippen LogP contribution >= 0.6 is 0 Å². The molecule has 0 radical (unpaired) electrons. The molecule has 0 saturated carbocycles. The van der Waals surface area contributed by atoms with E-state index in [-0.39, 0.29) is 0 Å². The van der Waals surface area contributed by atoms with Gasteiger partial charge in [0, 0.05) is 12.6 Å². The lowest BCUT2D eigenvalue weighted by molar-refractivity contribution is 0.539. The number of aromatic nitrogens is 3. The molecule has 1 heterocycles. The smallest absolute Gasteiger partial charge is 0.146 e. The standard InChI is InChI=1S/C15H22N4/c1-5-19-10-17-18-15(19)9-16-13(4)14-7-6-11(2)12(3)8-14/h6-8,10,13,16H,5,9H2,1-4H3/t13-/m0/s1. The second-order valence-corrected chi connectivity index (χ2v) is 4.98. The molecule has 0 aliphatic carbocycles. The normalized spacial score (nSPS) is 12.6. The van der Waals surface area contributed by atoms with Crippen molar-refractivity contribution in [1.82, 2.24) is 20.1 Å². The topological polar surface area (TPSA) is 42.7 Å². The fourth-order valence-corrected chi connectivity index (χ4v) is 2.08. The number of hydrogen-bond acceptors (Lipinski definition) is 3. The minimum Gasteiger partial charge on any atom is -0.317 e. The van der Waals surface area contributed by atoms with E-state index in [1.165, 1.54) is 16.7 Å². The Kier molecular flexibility index (Phi) is 4.32. The van der Waals surface area contributed by atoms with Gasteiger partial charge in [0.1, 0.15) is 12.2 Å². The van der Waals surface area contributed by atoms with E-state index >= 15 is 0 Å². The Morgan fingerprint density at radius 2 is 2.05 bits per heavy atom. The minimum absolute atomic E-state index is 0.307. The van der Waals surface area contributed by atoms with Gasteiger partial charge in [-0.25, -0.2) is 0 Å². The molecule has 2 rings (SSSR count). The van der Waals surface area contributed by atoms with E-state index in [1.807, 2.05) is 0 Å². The van der Waals surface area contributed by atoms with Crippen LogP contribution in [0.2, 0.25) is 0 Å². The van der Waals surface area contributed by atoms with Crippen LogP contribution in [0, 0.1) is 13.8 Å². The van der Waals surface area contributed by atoms with Crippen molar-refractivity contribution in [2.24, 2.45) is 0 Å². The predicted octanol–water partition coefficient (Wildman–Crippen LogP) is 2.77. The van der Waals surface area contributed by atoms with Crippen LogP contribution < -0.4 is 5.32 Å². The van der Waals surface area contributed by atoms with Gasteiger partial charge in [0.05, 0.1) is 6.54 Å². The molecule has 1 N–H and O–H groups in total. The van der Waals surface area contributed by atoms with Crippen LogP contribution in [0.5, 0.6) is 0 Å². The van der Waals surface area contributed by atoms with Gasteiger partial charge in [0.2, 0.25) is 0 Å². The Labute approximate surface area is 114 Å². The van der Waals surface area contributed by atoms with Gasteiger partial charge in [-0.15, -0.1) is 10.2 Å². The molecule has 1 aromatic heterocycles. The second kappa shape index (κ2) is 5.97. The molecule has 0 saturated heterocycles. The lowest BCUT2D eigenvalue weighted by atomic mass is 10.0. The summed E-state index contributed by atoms with van der Waals surface area (Å²) in [5.74, 6) is 0.984. The summed E-state index contributed by atoms with van der Waals surface area (Å²) in [4.78, 5) is 0. The SMILES string of the molecule is CCn1cnnc1CN[C@@H](C)c1ccc(C)c(C)c1. The maximum atomic E-state index is 4.13. The summed E-state index contributed by atoms with van der Waals surface area (Å²) < 4.78 is 2.06. The average Bonchev–Trinajstić information content (AvgIpc) is 2.86. The molecule has 0 unspecified atom stereocenters. The molecule has 1 aromatic carbocycles. The van der Waals surface area contributed by atoms with E-state index in [2.05, 4.69) is 66.0 Å². The molecule has 0 fully saturated rings. The molecule has 1 atom stereocenters. The van der Waals surface area contributed by atoms with E-state index in [0.717, 1.165) is 18.9 Å². The molecule has 0 aliphatic heterocycles. The van der Waals surface area contributed by atoms with Gasteiger partial charge in [0.25, 0.3) is 0 Å². The summed E-state index contributed by atoms with van der Waals surface area (Å²) in [5, 5.41) is 11.6. The highest BCUT2D eigenvalue weighted by Crippen LogP contribution is 2.17. The van der Waals surface area contributed by atoms with E-state index in [0.29, 0.717) is 6.04 Å². The molecule has 0 amide bonds. The van der Waals surface area contributed by atoms with E-state index in [1.54, 1.807) is 6.33 Å². The molecule has 0 bridgehead atoms. The van der Waals surface area contributed by atoms with Gasteiger partial charge >= 0.3 is 0 Å². The first-order chi connectivity index (χ1) is 9.11. The highest BCUT2D eigenvalue weighted by Gasteiger charge is 2.08. The Bertz CT molecular complexity index is 545. The molecular formula is C15H22N4. The summed E-state index contributed by atoms with van der Waals surface area (Å²) in [6, 6.07) is 6.92. The van der Waals surface area contributed by atoms with E-state index < -0.39 is 0 Å². The third-order valence-electron chi connectivity index (χ3n) is 3.63. The third-order valence-corrected chi connectivity index (χ3v) is 3.63. The van der Waals surface area contributed by atoms with Crippen molar-refractivity contribution in [2.75, 3.05) is 0 Å².